The van der Waals surface area contributed by atoms with Gasteiger partial charge in [0.15, 0.2) is 5.76 Å². The molecule has 2 heterocycles. The van der Waals surface area contributed by atoms with Crippen molar-refractivity contribution in [3.05, 3.63) is 112 Å². The Morgan fingerprint density at radius 2 is 1.82 bits per heavy atom. The molecule has 8 nitrogen and oxygen atoms in total. The van der Waals surface area contributed by atoms with Crippen molar-refractivity contribution in [2.75, 3.05) is 7.11 Å². The first kappa shape index (κ1) is 26.0. The average molecular weight is 528 g/mol. The Balaban J connectivity index is 1.53. The Hall–Kier alpha value is -4.63. The van der Waals surface area contributed by atoms with Crippen LogP contribution in [0.1, 0.15) is 42.5 Å². The maximum atomic E-state index is 13.6. The smallest absolute Gasteiger partial charge is 0.303 e. The van der Waals surface area contributed by atoms with Crippen molar-refractivity contribution in [1.29, 1.82) is 0 Å². The fraction of sp³-hybridized carbons (Fsp3) is 0.200. The molecule has 39 heavy (non-hydrogen) atoms. The van der Waals surface area contributed by atoms with Gasteiger partial charge in [0.05, 0.1) is 16.6 Å². The van der Waals surface area contributed by atoms with Gasteiger partial charge in [0.1, 0.15) is 23.4 Å². The highest BCUT2D eigenvalue weighted by molar-refractivity contribution is 5.83. The molecule has 1 N–H and O–H groups in total. The SMILES string of the molecule is CO[C@H](c1ccccc1)c1cc(-c2ccc3c(=O)n(-c4ccc(F)cc4)c(CCCCC(=O)O)nc3c2)no1. The number of aryl methyl sites for hydroxylation is 1. The van der Waals surface area contributed by atoms with Crippen LogP contribution in [0.4, 0.5) is 4.39 Å². The Morgan fingerprint density at radius 3 is 2.54 bits per heavy atom. The quantitative estimate of drug-likeness (QED) is 0.232. The molecule has 0 radical (unpaired) electrons. The molecular formula is C30H26FN3O5. The van der Waals surface area contributed by atoms with Crippen LogP contribution in [0, 0.1) is 5.82 Å². The molecule has 2 aromatic heterocycles. The van der Waals surface area contributed by atoms with Crippen LogP contribution < -0.4 is 5.56 Å². The van der Waals surface area contributed by atoms with E-state index in [2.05, 4.69) is 5.16 Å². The zero-order chi connectivity index (χ0) is 27.4. The van der Waals surface area contributed by atoms with Crippen LogP contribution in [0.3, 0.4) is 0 Å². The van der Waals surface area contributed by atoms with Crippen LogP contribution in [0.5, 0.6) is 0 Å². The number of hydrogen-bond acceptors (Lipinski definition) is 6. The first-order valence-corrected chi connectivity index (χ1v) is 12.5. The summed E-state index contributed by atoms with van der Waals surface area (Å²) in [6.45, 7) is 0. The molecule has 198 valence electrons. The van der Waals surface area contributed by atoms with Crippen molar-refractivity contribution in [1.82, 2.24) is 14.7 Å². The third kappa shape index (κ3) is 5.63. The van der Waals surface area contributed by atoms with E-state index in [1.165, 1.54) is 28.8 Å². The lowest BCUT2D eigenvalue weighted by Crippen LogP contribution is -2.24. The molecule has 0 aliphatic carbocycles. The summed E-state index contributed by atoms with van der Waals surface area (Å²) in [4.78, 5) is 29.3. The number of halogens is 1. The van der Waals surface area contributed by atoms with Crippen LogP contribution in [-0.2, 0) is 16.0 Å². The number of ether oxygens (including phenoxy) is 1. The summed E-state index contributed by atoms with van der Waals surface area (Å²) in [6, 6.07) is 22.3. The van der Waals surface area contributed by atoms with Gasteiger partial charge in [-0.05, 0) is 54.8 Å². The lowest BCUT2D eigenvalue weighted by Gasteiger charge is -2.14. The van der Waals surface area contributed by atoms with E-state index < -0.39 is 17.9 Å². The van der Waals surface area contributed by atoms with Gasteiger partial charge in [0.2, 0.25) is 0 Å². The number of hydrogen-bond donors (Lipinski definition) is 1. The fourth-order valence-corrected chi connectivity index (χ4v) is 4.57. The third-order valence-corrected chi connectivity index (χ3v) is 6.49. The van der Waals surface area contributed by atoms with E-state index in [0.717, 1.165) is 5.56 Å². The topological polar surface area (TPSA) is 107 Å². The standard InChI is InChI=1S/C30H26FN3O5/c1-38-29(19-7-3-2-4-8-19)26-18-24(33-39-26)20-11-16-23-25(17-20)32-27(9-5-6-10-28(35)36)34(30(23)37)22-14-12-21(31)13-15-22/h2-4,7-8,11-18,29H,5-6,9-10H2,1H3,(H,35,36)/t29-/m1/s1. The number of carbonyl (C=O) groups is 1. The second-order valence-corrected chi connectivity index (χ2v) is 9.12. The van der Waals surface area contributed by atoms with E-state index >= 15 is 0 Å². The van der Waals surface area contributed by atoms with Gasteiger partial charge in [-0.1, -0.05) is 41.6 Å². The molecule has 5 aromatic rings. The molecule has 0 aliphatic heterocycles. The predicted molar refractivity (Wildman–Crippen MR) is 143 cm³/mol. The number of aromatic nitrogens is 3. The average Bonchev–Trinajstić information content (AvgIpc) is 3.42. The summed E-state index contributed by atoms with van der Waals surface area (Å²) in [5.41, 5.74) is 2.87. The molecule has 0 spiro atoms. The number of methoxy groups -OCH3 is 1. The number of fused-ring (bicyclic) bond motifs is 1. The van der Waals surface area contributed by atoms with Crippen molar-refractivity contribution < 1.29 is 23.6 Å². The van der Waals surface area contributed by atoms with Gasteiger partial charge in [-0.25, -0.2) is 9.37 Å². The Labute approximate surface area is 223 Å². The van der Waals surface area contributed by atoms with Gasteiger partial charge in [-0.2, -0.15) is 0 Å². The number of aliphatic carboxylic acids is 1. The Morgan fingerprint density at radius 1 is 1.05 bits per heavy atom. The summed E-state index contributed by atoms with van der Waals surface area (Å²) >= 11 is 0. The zero-order valence-corrected chi connectivity index (χ0v) is 21.2. The Bertz CT molecular complexity index is 1660. The number of benzene rings is 3. The molecular weight excluding hydrogens is 501 g/mol. The molecule has 0 amide bonds. The molecule has 5 rings (SSSR count). The number of nitrogens with zero attached hydrogens (tertiary/aromatic N) is 3. The molecule has 0 aliphatic rings. The monoisotopic (exact) mass is 527 g/mol. The second kappa shape index (κ2) is 11.4. The van der Waals surface area contributed by atoms with E-state index in [-0.39, 0.29) is 12.0 Å². The molecule has 1 atom stereocenters. The minimum absolute atomic E-state index is 0.0262. The molecule has 0 saturated carbocycles. The molecule has 0 unspecified atom stereocenters. The van der Waals surface area contributed by atoms with E-state index in [4.69, 9.17) is 19.4 Å². The summed E-state index contributed by atoms with van der Waals surface area (Å²) in [5.74, 6) is -0.288. The minimum Gasteiger partial charge on any atom is -0.481 e. The van der Waals surface area contributed by atoms with Gasteiger partial charge in [0.25, 0.3) is 5.56 Å². The molecule has 9 heteroatoms. The van der Waals surface area contributed by atoms with Gasteiger partial charge >= 0.3 is 5.97 Å². The van der Waals surface area contributed by atoms with E-state index in [1.807, 2.05) is 30.3 Å². The van der Waals surface area contributed by atoms with Crippen molar-refractivity contribution in [3.63, 3.8) is 0 Å². The van der Waals surface area contributed by atoms with Crippen LogP contribution in [-0.4, -0.2) is 32.9 Å². The normalized spacial score (nSPS) is 12.1. The van der Waals surface area contributed by atoms with Crippen LogP contribution in [0.15, 0.2) is 88.2 Å². The van der Waals surface area contributed by atoms with Gasteiger partial charge in [-0.15, -0.1) is 0 Å². The van der Waals surface area contributed by atoms with E-state index in [0.29, 0.717) is 58.7 Å². The summed E-state index contributed by atoms with van der Waals surface area (Å²) in [5, 5.41) is 13.6. The largest absolute Gasteiger partial charge is 0.481 e. The highest BCUT2D eigenvalue weighted by atomic mass is 19.1. The predicted octanol–water partition coefficient (Wildman–Crippen LogP) is 5.71. The molecule has 3 aromatic carbocycles. The fourth-order valence-electron chi connectivity index (χ4n) is 4.57. The number of unbranched alkanes of at least 4 members (excludes halogenated alkanes) is 1. The summed E-state index contributed by atoms with van der Waals surface area (Å²) in [6.07, 6.45) is 0.942. The highest BCUT2D eigenvalue weighted by Crippen LogP contribution is 2.30. The van der Waals surface area contributed by atoms with E-state index in [1.54, 1.807) is 31.4 Å². The van der Waals surface area contributed by atoms with Gasteiger partial charge in [0, 0.05) is 31.6 Å². The maximum absolute atomic E-state index is 13.6. The van der Waals surface area contributed by atoms with Gasteiger partial charge in [-0.3, -0.25) is 14.2 Å². The minimum atomic E-state index is -0.878. The maximum Gasteiger partial charge on any atom is 0.303 e. The Kier molecular flexibility index (Phi) is 7.60. The zero-order valence-electron chi connectivity index (χ0n) is 21.2. The lowest BCUT2D eigenvalue weighted by molar-refractivity contribution is -0.137. The molecule has 0 fully saturated rings. The van der Waals surface area contributed by atoms with Gasteiger partial charge < -0.3 is 14.4 Å². The third-order valence-electron chi connectivity index (χ3n) is 6.49. The van der Waals surface area contributed by atoms with Crippen molar-refractivity contribution in [3.8, 4) is 16.9 Å². The lowest BCUT2D eigenvalue weighted by atomic mass is 10.0. The molecule has 0 bridgehead atoms. The highest BCUT2D eigenvalue weighted by Gasteiger charge is 2.20. The van der Waals surface area contributed by atoms with Crippen molar-refractivity contribution in [2.45, 2.75) is 31.8 Å². The summed E-state index contributed by atoms with van der Waals surface area (Å²) < 4.78 is 26.3. The molecule has 0 saturated heterocycles. The second-order valence-electron chi connectivity index (χ2n) is 9.12. The first-order valence-electron chi connectivity index (χ1n) is 12.5. The van der Waals surface area contributed by atoms with Crippen molar-refractivity contribution >= 4 is 16.9 Å². The van der Waals surface area contributed by atoms with Crippen molar-refractivity contribution in [2.24, 2.45) is 0 Å². The van der Waals surface area contributed by atoms with Crippen LogP contribution in [0.2, 0.25) is 0 Å². The van der Waals surface area contributed by atoms with Crippen LogP contribution in [0.25, 0.3) is 27.8 Å². The summed E-state index contributed by atoms with van der Waals surface area (Å²) in [7, 11) is 1.60. The first-order chi connectivity index (χ1) is 18.9. The number of rotatable bonds is 10. The van der Waals surface area contributed by atoms with Crippen LogP contribution >= 0.6 is 0 Å². The number of carboxylic acids is 1. The van der Waals surface area contributed by atoms with E-state index in [9.17, 15) is 14.0 Å². The number of carboxylic acid groups (broad SMARTS) is 1.